The molecule has 0 radical (unpaired) electrons. The molecule has 0 N–H and O–H groups in total. The molecule has 1 aromatic carbocycles. The fraction of sp³-hybridized carbons (Fsp3) is 0.562. The summed E-state index contributed by atoms with van der Waals surface area (Å²) in [6, 6.07) is 6.27. The summed E-state index contributed by atoms with van der Waals surface area (Å²) in [5.74, 6) is -0.135. The van der Waals surface area contributed by atoms with E-state index in [1.165, 1.54) is 27.8 Å². The van der Waals surface area contributed by atoms with Crippen LogP contribution in [0.25, 0.3) is 0 Å². The van der Waals surface area contributed by atoms with Gasteiger partial charge in [0.25, 0.3) is 5.91 Å². The van der Waals surface area contributed by atoms with Crippen LogP contribution in [-0.2, 0) is 10.0 Å². The minimum absolute atomic E-state index is 0.0850. The van der Waals surface area contributed by atoms with Crippen molar-refractivity contribution in [2.45, 2.75) is 43.0 Å². The SMILES string of the molecule is CN(C)C(=O)c1ccc(S(=O)(=O)N(C)C2CCCCC2)cc1. The molecule has 0 heterocycles. The van der Waals surface area contributed by atoms with E-state index in [-0.39, 0.29) is 16.8 Å². The number of benzene rings is 1. The first-order valence-electron chi connectivity index (χ1n) is 7.64. The van der Waals surface area contributed by atoms with Gasteiger partial charge in [-0.05, 0) is 37.1 Å². The Balaban J connectivity index is 2.20. The number of carbonyl (C=O) groups excluding carboxylic acids is 1. The lowest BCUT2D eigenvalue weighted by Gasteiger charge is -2.30. The molecule has 0 unspecified atom stereocenters. The van der Waals surface area contributed by atoms with Crippen molar-refractivity contribution in [3.05, 3.63) is 29.8 Å². The molecule has 1 aromatic rings. The van der Waals surface area contributed by atoms with Crippen molar-refractivity contribution < 1.29 is 13.2 Å². The smallest absolute Gasteiger partial charge is 0.253 e. The Morgan fingerprint density at radius 2 is 1.55 bits per heavy atom. The van der Waals surface area contributed by atoms with Crippen molar-refractivity contribution >= 4 is 15.9 Å². The number of amides is 1. The largest absolute Gasteiger partial charge is 0.345 e. The van der Waals surface area contributed by atoms with Gasteiger partial charge in [-0.2, -0.15) is 4.31 Å². The molecular formula is C16H24N2O3S. The van der Waals surface area contributed by atoms with Crippen LogP contribution in [0.3, 0.4) is 0 Å². The summed E-state index contributed by atoms with van der Waals surface area (Å²) in [5, 5.41) is 0. The molecule has 122 valence electrons. The zero-order chi connectivity index (χ0) is 16.3. The first-order chi connectivity index (χ1) is 10.3. The molecule has 0 aliphatic heterocycles. The van der Waals surface area contributed by atoms with E-state index in [0.29, 0.717) is 5.56 Å². The monoisotopic (exact) mass is 324 g/mol. The van der Waals surface area contributed by atoms with Crippen LogP contribution in [0.1, 0.15) is 42.5 Å². The van der Waals surface area contributed by atoms with Gasteiger partial charge in [0.05, 0.1) is 4.90 Å². The summed E-state index contributed by atoms with van der Waals surface area (Å²) in [4.78, 5) is 13.6. The Bertz CT molecular complexity index is 617. The van der Waals surface area contributed by atoms with Crippen molar-refractivity contribution in [2.75, 3.05) is 21.1 Å². The molecule has 0 aromatic heterocycles. The summed E-state index contributed by atoms with van der Waals surface area (Å²) in [5.41, 5.74) is 0.490. The van der Waals surface area contributed by atoms with Gasteiger partial charge in [-0.3, -0.25) is 4.79 Å². The van der Waals surface area contributed by atoms with Gasteiger partial charge in [0.2, 0.25) is 10.0 Å². The van der Waals surface area contributed by atoms with E-state index in [9.17, 15) is 13.2 Å². The molecular weight excluding hydrogens is 300 g/mol. The maximum Gasteiger partial charge on any atom is 0.253 e. The molecule has 1 amide bonds. The van der Waals surface area contributed by atoms with E-state index < -0.39 is 10.0 Å². The normalized spacial score (nSPS) is 16.7. The van der Waals surface area contributed by atoms with Crippen molar-refractivity contribution in [1.29, 1.82) is 0 Å². The fourth-order valence-electron chi connectivity index (χ4n) is 2.83. The Morgan fingerprint density at radius 1 is 1.00 bits per heavy atom. The van der Waals surface area contributed by atoms with Gasteiger partial charge >= 0.3 is 0 Å². The summed E-state index contributed by atoms with van der Waals surface area (Å²) in [6.07, 6.45) is 5.20. The predicted molar refractivity (Wildman–Crippen MR) is 86.3 cm³/mol. The fourth-order valence-corrected chi connectivity index (χ4v) is 4.25. The third kappa shape index (κ3) is 3.50. The number of rotatable bonds is 4. The number of hydrogen-bond donors (Lipinski definition) is 0. The zero-order valence-corrected chi connectivity index (χ0v) is 14.3. The number of carbonyl (C=O) groups is 1. The van der Waals surface area contributed by atoms with Crippen LogP contribution in [-0.4, -0.2) is 50.7 Å². The van der Waals surface area contributed by atoms with Crippen LogP contribution in [0, 0.1) is 0 Å². The van der Waals surface area contributed by atoms with Crippen LogP contribution in [0.5, 0.6) is 0 Å². The van der Waals surface area contributed by atoms with Crippen LogP contribution < -0.4 is 0 Å². The summed E-state index contributed by atoms with van der Waals surface area (Å²) in [6.45, 7) is 0. The maximum atomic E-state index is 12.7. The average Bonchev–Trinajstić information content (AvgIpc) is 2.54. The Hall–Kier alpha value is -1.40. The van der Waals surface area contributed by atoms with Crippen molar-refractivity contribution in [1.82, 2.24) is 9.21 Å². The van der Waals surface area contributed by atoms with Crippen molar-refractivity contribution in [3.63, 3.8) is 0 Å². The number of hydrogen-bond acceptors (Lipinski definition) is 3. The summed E-state index contributed by atoms with van der Waals surface area (Å²) in [7, 11) is 1.51. The van der Waals surface area contributed by atoms with E-state index in [0.717, 1.165) is 25.7 Å². The topological polar surface area (TPSA) is 57.7 Å². The highest BCUT2D eigenvalue weighted by atomic mass is 32.2. The molecule has 1 aliphatic carbocycles. The zero-order valence-electron chi connectivity index (χ0n) is 13.4. The van der Waals surface area contributed by atoms with E-state index in [1.807, 2.05) is 0 Å². The minimum Gasteiger partial charge on any atom is -0.345 e. The van der Waals surface area contributed by atoms with Crippen molar-refractivity contribution in [3.8, 4) is 0 Å². The second kappa shape index (κ2) is 6.79. The quantitative estimate of drug-likeness (QED) is 0.854. The average molecular weight is 324 g/mol. The van der Waals surface area contributed by atoms with Gasteiger partial charge in [-0.25, -0.2) is 8.42 Å². The van der Waals surface area contributed by atoms with E-state index in [4.69, 9.17) is 0 Å². The van der Waals surface area contributed by atoms with Gasteiger partial charge < -0.3 is 4.90 Å². The second-order valence-corrected chi connectivity index (χ2v) is 8.03. The molecule has 22 heavy (non-hydrogen) atoms. The van der Waals surface area contributed by atoms with Crippen LogP contribution in [0.2, 0.25) is 0 Å². The second-order valence-electron chi connectivity index (χ2n) is 6.04. The third-order valence-electron chi connectivity index (χ3n) is 4.27. The van der Waals surface area contributed by atoms with Crippen molar-refractivity contribution in [2.24, 2.45) is 0 Å². The predicted octanol–water partition coefficient (Wildman–Crippen LogP) is 2.34. The number of sulfonamides is 1. The van der Waals surface area contributed by atoms with Gasteiger partial charge in [0.1, 0.15) is 0 Å². The van der Waals surface area contributed by atoms with Gasteiger partial charge in [-0.15, -0.1) is 0 Å². The van der Waals surface area contributed by atoms with E-state index >= 15 is 0 Å². The Kier molecular flexibility index (Phi) is 5.24. The Morgan fingerprint density at radius 3 is 2.05 bits per heavy atom. The summed E-state index contributed by atoms with van der Waals surface area (Å²) >= 11 is 0. The number of nitrogens with zero attached hydrogens (tertiary/aromatic N) is 2. The minimum atomic E-state index is -3.49. The molecule has 5 nitrogen and oxygen atoms in total. The van der Waals surface area contributed by atoms with E-state index in [1.54, 1.807) is 33.3 Å². The standard InChI is InChI=1S/C16H24N2O3S/c1-17(2)16(19)13-9-11-15(12-10-13)22(20,21)18(3)14-7-5-4-6-8-14/h9-12,14H,4-8H2,1-3H3. The Labute approximate surface area is 133 Å². The molecule has 2 rings (SSSR count). The first kappa shape index (κ1) is 17.0. The molecule has 0 atom stereocenters. The molecule has 0 spiro atoms. The highest BCUT2D eigenvalue weighted by Gasteiger charge is 2.29. The first-order valence-corrected chi connectivity index (χ1v) is 9.08. The molecule has 0 bridgehead atoms. The highest BCUT2D eigenvalue weighted by Crippen LogP contribution is 2.26. The third-order valence-corrected chi connectivity index (χ3v) is 6.20. The van der Waals surface area contributed by atoms with Gasteiger partial charge in [-0.1, -0.05) is 19.3 Å². The lowest BCUT2D eigenvalue weighted by atomic mass is 9.96. The summed E-state index contributed by atoms with van der Waals surface area (Å²) < 4.78 is 26.8. The molecule has 6 heteroatoms. The van der Waals surface area contributed by atoms with Crippen LogP contribution in [0.4, 0.5) is 0 Å². The maximum absolute atomic E-state index is 12.7. The van der Waals surface area contributed by atoms with Crippen LogP contribution in [0.15, 0.2) is 29.2 Å². The molecule has 1 aliphatic rings. The highest BCUT2D eigenvalue weighted by molar-refractivity contribution is 7.89. The van der Waals surface area contributed by atoms with E-state index in [2.05, 4.69) is 0 Å². The molecule has 0 saturated heterocycles. The van der Waals surface area contributed by atoms with Gasteiger partial charge in [0.15, 0.2) is 0 Å². The lowest BCUT2D eigenvalue weighted by molar-refractivity contribution is 0.0827. The van der Waals surface area contributed by atoms with Crippen LogP contribution >= 0.6 is 0 Å². The molecule has 1 fully saturated rings. The lowest BCUT2D eigenvalue weighted by Crippen LogP contribution is -2.38. The van der Waals surface area contributed by atoms with Gasteiger partial charge in [0, 0.05) is 32.7 Å². The molecule has 1 saturated carbocycles.